The molecule has 1 saturated heterocycles. The fourth-order valence-electron chi connectivity index (χ4n) is 3.64. The minimum Gasteiger partial charge on any atom is -0.297 e. The van der Waals surface area contributed by atoms with E-state index in [1.807, 2.05) is 0 Å². The van der Waals surface area contributed by atoms with Crippen LogP contribution < -0.4 is 11.3 Å². The van der Waals surface area contributed by atoms with Gasteiger partial charge in [-0.1, -0.05) is 58.3 Å². The molecule has 3 nitrogen and oxygen atoms in total. The fourth-order valence-corrected chi connectivity index (χ4v) is 3.64. The third kappa shape index (κ3) is 6.66. The van der Waals surface area contributed by atoms with E-state index >= 15 is 0 Å². The minimum absolute atomic E-state index is 0.169. The Bertz CT molecular complexity index is 245. The summed E-state index contributed by atoms with van der Waals surface area (Å²) < 4.78 is 0. The van der Waals surface area contributed by atoms with Crippen molar-refractivity contribution in [1.82, 2.24) is 10.3 Å². The van der Waals surface area contributed by atoms with Gasteiger partial charge < -0.3 is 0 Å². The maximum atomic E-state index is 5.89. The molecule has 0 spiro atoms. The van der Waals surface area contributed by atoms with Crippen molar-refractivity contribution in [2.24, 2.45) is 5.84 Å². The van der Waals surface area contributed by atoms with Crippen LogP contribution in [0.4, 0.5) is 0 Å². The van der Waals surface area contributed by atoms with Crippen molar-refractivity contribution in [3.63, 3.8) is 0 Å². The zero-order valence-corrected chi connectivity index (χ0v) is 14.8. The van der Waals surface area contributed by atoms with Gasteiger partial charge in [-0.3, -0.25) is 16.2 Å². The molecule has 1 atom stereocenters. The summed E-state index contributed by atoms with van der Waals surface area (Å²) in [5.74, 6) is 5.89. The number of unbranched alkanes of at least 4 members (excludes halogenated alkanes) is 5. The van der Waals surface area contributed by atoms with Gasteiger partial charge in [-0.2, -0.15) is 0 Å². The highest BCUT2D eigenvalue weighted by Crippen LogP contribution is 2.26. The first-order valence-electron chi connectivity index (χ1n) is 9.34. The third-order valence-electron chi connectivity index (χ3n) is 5.32. The SMILES string of the molecule is CCCCCCCCC(NN)C(C)(C)N1CCCCCC1. The topological polar surface area (TPSA) is 41.3 Å². The Morgan fingerprint density at radius 2 is 1.52 bits per heavy atom. The summed E-state index contributed by atoms with van der Waals surface area (Å²) in [4.78, 5) is 2.67. The van der Waals surface area contributed by atoms with Crippen LogP contribution in [0.5, 0.6) is 0 Å². The predicted octanol–water partition coefficient (Wildman–Crippen LogP) is 4.22. The lowest BCUT2D eigenvalue weighted by Gasteiger charge is -2.43. The Hall–Kier alpha value is -0.120. The molecule has 0 bridgehead atoms. The second-order valence-electron chi connectivity index (χ2n) is 7.33. The summed E-state index contributed by atoms with van der Waals surface area (Å²) in [6.07, 6.45) is 14.8. The number of nitrogens with zero attached hydrogens (tertiary/aromatic N) is 1. The molecule has 0 aromatic rings. The maximum absolute atomic E-state index is 5.89. The molecule has 21 heavy (non-hydrogen) atoms. The van der Waals surface area contributed by atoms with Crippen LogP contribution in [0.3, 0.4) is 0 Å². The van der Waals surface area contributed by atoms with Crippen LogP contribution in [0.15, 0.2) is 0 Å². The lowest BCUT2D eigenvalue weighted by Crippen LogP contribution is -2.59. The van der Waals surface area contributed by atoms with Crippen molar-refractivity contribution in [1.29, 1.82) is 0 Å². The molecule has 3 N–H and O–H groups in total. The number of likely N-dealkylation sites (tertiary alicyclic amines) is 1. The monoisotopic (exact) mass is 297 g/mol. The summed E-state index contributed by atoms with van der Waals surface area (Å²) in [7, 11) is 0. The Morgan fingerprint density at radius 3 is 2.10 bits per heavy atom. The van der Waals surface area contributed by atoms with E-state index in [0.717, 1.165) is 0 Å². The third-order valence-corrected chi connectivity index (χ3v) is 5.32. The molecule has 1 aliphatic heterocycles. The molecule has 126 valence electrons. The van der Waals surface area contributed by atoms with Gasteiger partial charge in [0.2, 0.25) is 0 Å². The van der Waals surface area contributed by atoms with Gasteiger partial charge in [0.1, 0.15) is 0 Å². The number of hydrogen-bond acceptors (Lipinski definition) is 3. The van der Waals surface area contributed by atoms with E-state index in [1.54, 1.807) is 0 Å². The van der Waals surface area contributed by atoms with Crippen LogP contribution in [0, 0.1) is 0 Å². The largest absolute Gasteiger partial charge is 0.297 e. The average Bonchev–Trinajstić information content (AvgIpc) is 2.76. The summed E-state index contributed by atoms with van der Waals surface area (Å²) in [5, 5.41) is 0. The molecular weight excluding hydrogens is 258 g/mol. The van der Waals surface area contributed by atoms with Crippen molar-refractivity contribution >= 4 is 0 Å². The zero-order chi connectivity index (χ0) is 15.6. The molecule has 1 aliphatic rings. The van der Waals surface area contributed by atoms with Gasteiger partial charge in [0.25, 0.3) is 0 Å². The van der Waals surface area contributed by atoms with E-state index in [-0.39, 0.29) is 5.54 Å². The number of nitrogens with two attached hydrogens (primary N) is 1. The minimum atomic E-state index is 0.169. The van der Waals surface area contributed by atoms with Crippen molar-refractivity contribution in [3.8, 4) is 0 Å². The van der Waals surface area contributed by atoms with Crippen molar-refractivity contribution in [3.05, 3.63) is 0 Å². The number of hydrogen-bond donors (Lipinski definition) is 2. The van der Waals surface area contributed by atoms with Gasteiger partial charge in [0, 0.05) is 11.6 Å². The quantitative estimate of drug-likeness (QED) is 0.360. The van der Waals surface area contributed by atoms with E-state index in [4.69, 9.17) is 5.84 Å². The normalized spacial score (nSPS) is 19.4. The van der Waals surface area contributed by atoms with Gasteiger partial charge in [-0.05, 0) is 46.2 Å². The molecule has 0 aromatic carbocycles. The van der Waals surface area contributed by atoms with Gasteiger partial charge >= 0.3 is 0 Å². The highest BCUT2D eigenvalue weighted by molar-refractivity contribution is 4.93. The van der Waals surface area contributed by atoms with Crippen LogP contribution in [-0.2, 0) is 0 Å². The number of nitrogens with one attached hydrogen (secondary N) is 1. The first-order chi connectivity index (χ1) is 10.1. The second kappa shape index (κ2) is 10.6. The summed E-state index contributed by atoms with van der Waals surface area (Å²) in [5.41, 5.74) is 3.29. The molecule has 1 fully saturated rings. The first-order valence-corrected chi connectivity index (χ1v) is 9.34. The second-order valence-corrected chi connectivity index (χ2v) is 7.33. The van der Waals surface area contributed by atoms with E-state index in [1.165, 1.54) is 83.7 Å². The molecule has 0 saturated carbocycles. The van der Waals surface area contributed by atoms with Gasteiger partial charge in [0.05, 0.1) is 0 Å². The molecule has 0 radical (unpaired) electrons. The van der Waals surface area contributed by atoms with Crippen LogP contribution in [0.1, 0.15) is 91.4 Å². The number of rotatable bonds is 10. The van der Waals surface area contributed by atoms with E-state index in [0.29, 0.717) is 6.04 Å². The van der Waals surface area contributed by atoms with Crippen molar-refractivity contribution in [2.45, 2.75) is 103 Å². The summed E-state index contributed by atoms with van der Waals surface area (Å²) >= 11 is 0. The first kappa shape index (κ1) is 18.9. The van der Waals surface area contributed by atoms with Crippen LogP contribution in [0.25, 0.3) is 0 Å². The van der Waals surface area contributed by atoms with Crippen LogP contribution in [0.2, 0.25) is 0 Å². The maximum Gasteiger partial charge on any atom is 0.0389 e. The smallest absolute Gasteiger partial charge is 0.0389 e. The van der Waals surface area contributed by atoms with Gasteiger partial charge in [-0.25, -0.2) is 0 Å². The highest BCUT2D eigenvalue weighted by atomic mass is 15.3. The molecule has 1 heterocycles. The van der Waals surface area contributed by atoms with Gasteiger partial charge in [0.15, 0.2) is 0 Å². The Labute approximate surface area is 133 Å². The molecular formula is C18H39N3. The van der Waals surface area contributed by atoms with Crippen molar-refractivity contribution < 1.29 is 0 Å². The fraction of sp³-hybridized carbons (Fsp3) is 1.00. The van der Waals surface area contributed by atoms with Gasteiger partial charge in [-0.15, -0.1) is 0 Å². The van der Waals surface area contributed by atoms with Crippen LogP contribution >= 0.6 is 0 Å². The molecule has 0 aliphatic carbocycles. The standard InChI is InChI=1S/C18H39N3/c1-4-5-6-7-8-11-14-17(20-19)18(2,3)21-15-12-9-10-13-16-21/h17,20H,4-16,19H2,1-3H3. The Morgan fingerprint density at radius 1 is 0.952 bits per heavy atom. The molecule has 1 rings (SSSR count). The predicted molar refractivity (Wildman–Crippen MR) is 93.2 cm³/mol. The van der Waals surface area contributed by atoms with E-state index < -0.39 is 0 Å². The van der Waals surface area contributed by atoms with Crippen molar-refractivity contribution in [2.75, 3.05) is 13.1 Å². The Kier molecular flexibility index (Phi) is 9.54. The molecule has 0 aromatic heterocycles. The lowest BCUT2D eigenvalue weighted by atomic mass is 9.88. The van der Waals surface area contributed by atoms with E-state index in [2.05, 4.69) is 31.1 Å². The summed E-state index contributed by atoms with van der Waals surface area (Å²) in [6, 6.07) is 0.404. The molecule has 3 heteroatoms. The zero-order valence-electron chi connectivity index (χ0n) is 14.8. The molecule has 0 amide bonds. The van der Waals surface area contributed by atoms with E-state index in [9.17, 15) is 0 Å². The lowest BCUT2D eigenvalue weighted by molar-refractivity contribution is 0.0789. The highest BCUT2D eigenvalue weighted by Gasteiger charge is 2.34. The summed E-state index contributed by atoms with van der Waals surface area (Å²) in [6.45, 7) is 9.50. The molecule has 1 unspecified atom stereocenters. The number of hydrazine groups is 1. The Balaban J connectivity index is 2.37. The van der Waals surface area contributed by atoms with Crippen LogP contribution in [-0.4, -0.2) is 29.6 Å². The average molecular weight is 298 g/mol.